The highest BCUT2D eigenvalue weighted by atomic mass is 15.3. The van der Waals surface area contributed by atoms with Crippen molar-refractivity contribution in [3.8, 4) is 0 Å². The first-order chi connectivity index (χ1) is 6.65. The number of nitrogens with two attached hydrogens (primary N) is 1. The molecule has 0 aliphatic heterocycles. The summed E-state index contributed by atoms with van der Waals surface area (Å²) in [6.45, 7) is 7.61. The SMILES string of the molecule is Cc1cnc(N(CCN)C(C)C)nc1. The van der Waals surface area contributed by atoms with Gasteiger partial charge in [0.25, 0.3) is 0 Å². The zero-order chi connectivity index (χ0) is 10.6. The first-order valence-corrected chi connectivity index (χ1v) is 4.90. The maximum Gasteiger partial charge on any atom is 0.225 e. The molecule has 0 spiro atoms. The molecular formula is C10H18N4. The van der Waals surface area contributed by atoms with Gasteiger partial charge >= 0.3 is 0 Å². The second-order valence-electron chi connectivity index (χ2n) is 3.64. The van der Waals surface area contributed by atoms with E-state index in [0.29, 0.717) is 12.6 Å². The fourth-order valence-electron chi connectivity index (χ4n) is 1.26. The molecule has 1 aromatic heterocycles. The zero-order valence-electron chi connectivity index (χ0n) is 9.07. The third-order valence-electron chi connectivity index (χ3n) is 2.02. The van der Waals surface area contributed by atoms with Gasteiger partial charge < -0.3 is 10.6 Å². The van der Waals surface area contributed by atoms with Gasteiger partial charge in [0.2, 0.25) is 5.95 Å². The standard InChI is InChI=1S/C10H18N4/c1-8(2)14(5-4-11)10-12-6-9(3)7-13-10/h6-8H,4-5,11H2,1-3H3. The van der Waals surface area contributed by atoms with Crippen molar-refractivity contribution in [3.05, 3.63) is 18.0 Å². The van der Waals surface area contributed by atoms with Gasteiger partial charge in [0, 0.05) is 31.5 Å². The summed E-state index contributed by atoms with van der Waals surface area (Å²) >= 11 is 0. The second-order valence-corrected chi connectivity index (χ2v) is 3.64. The molecule has 0 aliphatic carbocycles. The molecule has 0 fully saturated rings. The fourth-order valence-corrected chi connectivity index (χ4v) is 1.26. The minimum atomic E-state index is 0.376. The van der Waals surface area contributed by atoms with Crippen molar-refractivity contribution >= 4 is 5.95 Å². The molecular weight excluding hydrogens is 176 g/mol. The van der Waals surface area contributed by atoms with E-state index in [4.69, 9.17) is 5.73 Å². The third-order valence-corrected chi connectivity index (χ3v) is 2.02. The Morgan fingerprint density at radius 2 is 1.93 bits per heavy atom. The van der Waals surface area contributed by atoms with Crippen LogP contribution in [-0.2, 0) is 0 Å². The van der Waals surface area contributed by atoms with Crippen molar-refractivity contribution in [2.45, 2.75) is 26.8 Å². The minimum Gasteiger partial charge on any atom is -0.337 e. The smallest absolute Gasteiger partial charge is 0.225 e. The monoisotopic (exact) mass is 194 g/mol. The molecule has 0 saturated heterocycles. The largest absolute Gasteiger partial charge is 0.337 e. The predicted octanol–water partition coefficient (Wildman–Crippen LogP) is 0.959. The summed E-state index contributed by atoms with van der Waals surface area (Å²) in [5.41, 5.74) is 6.61. The van der Waals surface area contributed by atoms with Crippen LogP contribution in [0.2, 0.25) is 0 Å². The van der Waals surface area contributed by atoms with Gasteiger partial charge in [-0.15, -0.1) is 0 Å². The van der Waals surface area contributed by atoms with E-state index in [1.54, 1.807) is 0 Å². The van der Waals surface area contributed by atoms with E-state index in [9.17, 15) is 0 Å². The first kappa shape index (κ1) is 10.9. The molecule has 0 bridgehead atoms. The maximum absolute atomic E-state index is 5.54. The maximum atomic E-state index is 5.54. The van der Waals surface area contributed by atoms with Crippen LogP contribution in [0.4, 0.5) is 5.95 Å². The number of hydrogen-bond acceptors (Lipinski definition) is 4. The summed E-state index contributed by atoms with van der Waals surface area (Å²) < 4.78 is 0. The van der Waals surface area contributed by atoms with Crippen molar-refractivity contribution < 1.29 is 0 Å². The van der Waals surface area contributed by atoms with Crippen molar-refractivity contribution in [3.63, 3.8) is 0 Å². The molecule has 0 aliphatic rings. The van der Waals surface area contributed by atoms with Crippen LogP contribution in [0.15, 0.2) is 12.4 Å². The lowest BCUT2D eigenvalue weighted by Crippen LogP contribution is -2.36. The highest BCUT2D eigenvalue weighted by molar-refractivity contribution is 5.30. The second kappa shape index (κ2) is 4.91. The molecule has 0 aromatic carbocycles. The lowest BCUT2D eigenvalue weighted by atomic mass is 10.3. The average molecular weight is 194 g/mol. The lowest BCUT2D eigenvalue weighted by molar-refractivity contribution is 0.663. The Labute approximate surface area is 85.2 Å². The van der Waals surface area contributed by atoms with Crippen LogP contribution in [-0.4, -0.2) is 29.1 Å². The molecule has 4 nitrogen and oxygen atoms in total. The van der Waals surface area contributed by atoms with E-state index in [0.717, 1.165) is 18.1 Å². The van der Waals surface area contributed by atoms with Gasteiger partial charge in [-0.05, 0) is 26.3 Å². The molecule has 0 unspecified atom stereocenters. The number of aromatic nitrogens is 2. The first-order valence-electron chi connectivity index (χ1n) is 4.90. The molecule has 0 radical (unpaired) electrons. The van der Waals surface area contributed by atoms with Gasteiger partial charge in [0.05, 0.1) is 0 Å². The van der Waals surface area contributed by atoms with Crippen LogP contribution >= 0.6 is 0 Å². The zero-order valence-corrected chi connectivity index (χ0v) is 9.07. The van der Waals surface area contributed by atoms with Gasteiger partial charge in [-0.25, -0.2) is 9.97 Å². The van der Waals surface area contributed by atoms with E-state index in [-0.39, 0.29) is 0 Å². The molecule has 2 N–H and O–H groups in total. The van der Waals surface area contributed by atoms with E-state index in [2.05, 4.69) is 28.7 Å². The number of nitrogens with zero attached hydrogens (tertiary/aromatic N) is 3. The van der Waals surface area contributed by atoms with E-state index in [1.165, 1.54) is 0 Å². The number of hydrogen-bond donors (Lipinski definition) is 1. The topological polar surface area (TPSA) is 55.0 Å². The Hall–Kier alpha value is -1.16. The quantitative estimate of drug-likeness (QED) is 0.775. The fraction of sp³-hybridized carbons (Fsp3) is 0.600. The summed E-state index contributed by atoms with van der Waals surface area (Å²) in [6.07, 6.45) is 3.66. The Morgan fingerprint density at radius 1 is 1.36 bits per heavy atom. The Morgan fingerprint density at radius 3 is 2.36 bits per heavy atom. The van der Waals surface area contributed by atoms with Crippen molar-refractivity contribution in [2.75, 3.05) is 18.0 Å². The van der Waals surface area contributed by atoms with E-state index >= 15 is 0 Å². The van der Waals surface area contributed by atoms with E-state index < -0.39 is 0 Å². The van der Waals surface area contributed by atoms with Gasteiger partial charge in [0.15, 0.2) is 0 Å². The molecule has 4 heteroatoms. The van der Waals surface area contributed by atoms with Gasteiger partial charge in [-0.2, -0.15) is 0 Å². The van der Waals surface area contributed by atoms with Crippen molar-refractivity contribution in [1.82, 2.24) is 9.97 Å². The molecule has 0 atom stereocenters. The van der Waals surface area contributed by atoms with Crippen LogP contribution in [0.5, 0.6) is 0 Å². The van der Waals surface area contributed by atoms with Gasteiger partial charge in [0.1, 0.15) is 0 Å². The molecule has 78 valence electrons. The van der Waals surface area contributed by atoms with Gasteiger partial charge in [-0.1, -0.05) is 0 Å². The predicted molar refractivity (Wildman–Crippen MR) is 58.3 cm³/mol. The van der Waals surface area contributed by atoms with Crippen LogP contribution in [0.3, 0.4) is 0 Å². The highest BCUT2D eigenvalue weighted by Gasteiger charge is 2.11. The number of rotatable bonds is 4. The summed E-state index contributed by atoms with van der Waals surface area (Å²) in [7, 11) is 0. The van der Waals surface area contributed by atoms with Crippen molar-refractivity contribution in [2.24, 2.45) is 5.73 Å². The molecule has 1 heterocycles. The van der Waals surface area contributed by atoms with E-state index in [1.807, 2.05) is 19.3 Å². The van der Waals surface area contributed by atoms with Gasteiger partial charge in [-0.3, -0.25) is 0 Å². The number of anilines is 1. The molecule has 14 heavy (non-hydrogen) atoms. The average Bonchev–Trinajstić information content (AvgIpc) is 2.15. The summed E-state index contributed by atoms with van der Waals surface area (Å²) in [6, 6.07) is 0.376. The Balaban J connectivity index is 2.82. The highest BCUT2D eigenvalue weighted by Crippen LogP contribution is 2.09. The third kappa shape index (κ3) is 2.67. The molecule has 0 saturated carbocycles. The molecule has 0 amide bonds. The van der Waals surface area contributed by atoms with Crippen LogP contribution in [0.25, 0.3) is 0 Å². The summed E-state index contributed by atoms with van der Waals surface area (Å²) in [5.74, 6) is 0.760. The molecule has 1 aromatic rings. The number of aryl methyl sites for hydroxylation is 1. The van der Waals surface area contributed by atoms with Crippen LogP contribution < -0.4 is 10.6 Å². The van der Waals surface area contributed by atoms with Crippen LogP contribution in [0, 0.1) is 6.92 Å². The lowest BCUT2D eigenvalue weighted by Gasteiger charge is -2.25. The minimum absolute atomic E-state index is 0.376. The van der Waals surface area contributed by atoms with Crippen LogP contribution in [0.1, 0.15) is 19.4 Å². The molecule has 1 rings (SSSR count). The van der Waals surface area contributed by atoms with Crippen molar-refractivity contribution in [1.29, 1.82) is 0 Å². The summed E-state index contributed by atoms with van der Waals surface area (Å²) in [5, 5.41) is 0. The Kier molecular flexibility index (Phi) is 3.83. The summed E-state index contributed by atoms with van der Waals surface area (Å²) in [4.78, 5) is 10.7. The Bertz CT molecular complexity index is 268. The normalized spacial score (nSPS) is 10.6.